The van der Waals surface area contributed by atoms with Crippen molar-refractivity contribution in [2.24, 2.45) is 5.41 Å². The van der Waals surface area contributed by atoms with Gasteiger partial charge in [-0.15, -0.1) is 0 Å². The number of para-hydroxylation sites is 2. The van der Waals surface area contributed by atoms with Crippen LogP contribution in [0.1, 0.15) is 20.8 Å². The van der Waals surface area contributed by atoms with E-state index >= 15 is 0 Å². The molecular formula is C18H21NO. The summed E-state index contributed by atoms with van der Waals surface area (Å²) in [7, 11) is 0. The van der Waals surface area contributed by atoms with Crippen LogP contribution < -0.4 is 0 Å². The van der Waals surface area contributed by atoms with Crippen LogP contribution in [-0.2, 0) is 6.54 Å². The lowest BCUT2D eigenvalue weighted by Crippen LogP contribution is -2.30. The first kappa shape index (κ1) is 13.2. The third-order valence-corrected chi connectivity index (χ3v) is 4.04. The van der Waals surface area contributed by atoms with Crippen molar-refractivity contribution < 1.29 is 5.11 Å². The van der Waals surface area contributed by atoms with Crippen molar-refractivity contribution in [3.8, 4) is 0 Å². The fourth-order valence-electron chi connectivity index (χ4n) is 2.65. The summed E-state index contributed by atoms with van der Waals surface area (Å²) in [6.45, 7) is 6.85. The molecule has 2 aromatic carbocycles. The first-order valence-corrected chi connectivity index (χ1v) is 7.12. The summed E-state index contributed by atoms with van der Waals surface area (Å²) in [4.78, 5) is 0. The Morgan fingerprint density at radius 1 is 0.900 bits per heavy atom. The van der Waals surface area contributed by atoms with Gasteiger partial charge in [0.05, 0.1) is 6.10 Å². The molecule has 0 spiro atoms. The van der Waals surface area contributed by atoms with Crippen LogP contribution in [0.5, 0.6) is 0 Å². The number of hydrogen-bond acceptors (Lipinski definition) is 1. The molecule has 1 aromatic heterocycles. The van der Waals surface area contributed by atoms with E-state index in [1.54, 1.807) is 0 Å². The third kappa shape index (κ3) is 2.10. The lowest BCUT2D eigenvalue weighted by atomic mass is 9.89. The van der Waals surface area contributed by atoms with Crippen LogP contribution in [0.3, 0.4) is 0 Å². The van der Waals surface area contributed by atoms with E-state index in [-0.39, 0.29) is 11.5 Å². The van der Waals surface area contributed by atoms with Crippen molar-refractivity contribution in [3.05, 3.63) is 48.5 Å². The van der Waals surface area contributed by atoms with Crippen LogP contribution in [-0.4, -0.2) is 15.8 Å². The summed E-state index contributed by atoms with van der Waals surface area (Å²) in [5, 5.41) is 13.0. The second-order valence-electron chi connectivity index (χ2n) is 6.53. The minimum Gasteiger partial charge on any atom is -0.391 e. The molecular weight excluding hydrogens is 246 g/mol. The number of rotatable bonds is 2. The highest BCUT2D eigenvalue weighted by molar-refractivity contribution is 6.07. The quantitative estimate of drug-likeness (QED) is 0.739. The first-order chi connectivity index (χ1) is 9.48. The van der Waals surface area contributed by atoms with Gasteiger partial charge in [-0.05, 0) is 17.5 Å². The molecule has 0 fully saturated rings. The predicted molar refractivity (Wildman–Crippen MR) is 84.9 cm³/mol. The number of fused-ring (bicyclic) bond motifs is 3. The van der Waals surface area contributed by atoms with E-state index in [1.165, 1.54) is 21.8 Å². The summed E-state index contributed by atoms with van der Waals surface area (Å²) in [6.07, 6.45) is -0.373. The molecule has 1 heterocycles. The maximum atomic E-state index is 10.5. The largest absolute Gasteiger partial charge is 0.391 e. The highest BCUT2D eigenvalue weighted by Crippen LogP contribution is 2.30. The zero-order chi connectivity index (χ0) is 14.3. The molecule has 1 unspecified atom stereocenters. The molecule has 2 heteroatoms. The Balaban J connectivity index is 2.22. The van der Waals surface area contributed by atoms with Gasteiger partial charge < -0.3 is 9.67 Å². The van der Waals surface area contributed by atoms with Crippen molar-refractivity contribution in [2.75, 3.05) is 0 Å². The van der Waals surface area contributed by atoms with Crippen LogP contribution >= 0.6 is 0 Å². The van der Waals surface area contributed by atoms with Gasteiger partial charge in [0.1, 0.15) is 0 Å². The van der Waals surface area contributed by atoms with Crippen LogP contribution in [0.4, 0.5) is 0 Å². The lowest BCUT2D eigenvalue weighted by molar-refractivity contribution is 0.0500. The van der Waals surface area contributed by atoms with Gasteiger partial charge in [-0.3, -0.25) is 0 Å². The number of aliphatic hydroxyl groups excluding tert-OH is 1. The Morgan fingerprint density at radius 3 is 1.80 bits per heavy atom. The maximum Gasteiger partial charge on any atom is 0.0767 e. The summed E-state index contributed by atoms with van der Waals surface area (Å²) < 4.78 is 2.24. The van der Waals surface area contributed by atoms with Gasteiger partial charge in [-0.1, -0.05) is 57.2 Å². The molecule has 3 rings (SSSR count). The second-order valence-corrected chi connectivity index (χ2v) is 6.53. The summed E-state index contributed by atoms with van der Waals surface area (Å²) in [6, 6.07) is 16.8. The van der Waals surface area contributed by atoms with Crippen LogP contribution in [0, 0.1) is 5.41 Å². The van der Waals surface area contributed by atoms with Crippen LogP contribution in [0.25, 0.3) is 21.8 Å². The highest BCUT2D eigenvalue weighted by atomic mass is 16.3. The van der Waals surface area contributed by atoms with Crippen molar-refractivity contribution in [1.82, 2.24) is 4.57 Å². The molecule has 2 nitrogen and oxygen atoms in total. The average molecular weight is 267 g/mol. The monoisotopic (exact) mass is 267 g/mol. The molecule has 3 aromatic rings. The van der Waals surface area contributed by atoms with Crippen molar-refractivity contribution in [1.29, 1.82) is 0 Å². The molecule has 104 valence electrons. The standard InChI is InChI=1S/C18H21NO/c1-18(2,3)17(20)12-19-15-10-6-4-8-13(15)14-9-5-7-11-16(14)19/h4-11,17,20H,12H2,1-3H3. The maximum absolute atomic E-state index is 10.5. The number of aromatic nitrogens is 1. The smallest absolute Gasteiger partial charge is 0.0767 e. The molecule has 0 aliphatic heterocycles. The van der Waals surface area contributed by atoms with E-state index in [0.29, 0.717) is 6.54 Å². The molecule has 0 aliphatic carbocycles. The molecule has 1 atom stereocenters. The topological polar surface area (TPSA) is 25.2 Å². The van der Waals surface area contributed by atoms with Crippen molar-refractivity contribution in [3.63, 3.8) is 0 Å². The highest BCUT2D eigenvalue weighted by Gasteiger charge is 2.23. The Morgan fingerprint density at radius 2 is 1.35 bits per heavy atom. The SMILES string of the molecule is CC(C)(C)C(O)Cn1c2ccccc2c2ccccc21. The zero-order valence-electron chi connectivity index (χ0n) is 12.3. The Hall–Kier alpha value is -1.80. The molecule has 0 saturated carbocycles. The minimum absolute atomic E-state index is 0.119. The van der Waals surface area contributed by atoms with E-state index in [9.17, 15) is 5.11 Å². The molecule has 20 heavy (non-hydrogen) atoms. The van der Waals surface area contributed by atoms with Gasteiger partial charge in [-0.2, -0.15) is 0 Å². The van der Waals surface area contributed by atoms with E-state index in [4.69, 9.17) is 0 Å². The summed E-state index contributed by atoms with van der Waals surface area (Å²) in [5.41, 5.74) is 2.26. The van der Waals surface area contributed by atoms with E-state index in [1.807, 2.05) is 0 Å². The minimum atomic E-state index is -0.373. The summed E-state index contributed by atoms with van der Waals surface area (Å²) >= 11 is 0. The summed E-state index contributed by atoms with van der Waals surface area (Å²) in [5.74, 6) is 0. The van der Waals surface area contributed by atoms with E-state index in [0.717, 1.165) is 0 Å². The van der Waals surface area contributed by atoms with Gasteiger partial charge in [0, 0.05) is 28.4 Å². The lowest BCUT2D eigenvalue weighted by Gasteiger charge is -2.26. The zero-order valence-corrected chi connectivity index (χ0v) is 12.3. The Kier molecular flexibility index (Phi) is 3.06. The molecule has 0 aliphatic rings. The van der Waals surface area contributed by atoms with Gasteiger partial charge in [0.15, 0.2) is 0 Å². The molecule has 0 amide bonds. The molecule has 0 bridgehead atoms. The van der Waals surface area contributed by atoms with E-state index < -0.39 is 0 Å². The van der Waals surface area contributed by atoms with Gasteiger partial charge >= 0.3 is 0 Å². The average Bonchev–Trinajstić information content (AvgIpc) is 2.73. The van der Waals surface area contributed by atoms with Gasteiger partial charge in [0.2, 0.25) is 0 Å². The van der Waals surface area contributed by atoms with E-state index in [2.05, 4.69) is 73.9 Å². The number of hydrogen-bond donors (Lipinski definition) is 1. The molecule has 1 N–H and O–H groups in total. The Bertz CT molecular complexity index is 696. The van der Waals surface area contributed by atoms with Crippen LogP contribution in [0.2, 0.25) is 0 Å². The fraction of sp³-hybridized carbons (Fsp3) is 0.333. The van der Waals surface area contributed by atoms with Crippen LogP contribution in [0.15, 0.2) is 48.5 Å². The van der Waals surface area contributed by atoms with Gasteiger partial charge in [-0.25, -0.2) is 0 Å². The van der Waals surface area contributed by atoms with Crippen molar-refractivity contribution >= 4 is 21.8 Å². The normalized spacial score (nSPS) is 14.0. The number of aliphatic hydroxyl groups is 1. The first-order valence-electron chi connectivity index (χ1n) is 7.12. The third-order valence-electron chi connectivity index (χ3n) is 4.04. The van der Waals surface area contributed by atoms with Crippen molar-refractivity contribution in [2.45, 2.75) is 33.4 Å². The Labute approximate surface area is 119 Å². The van der Waals surface area contributed by atoms with Gasteiger partial charge in [0.25, 0.3) is 0 Å². The predicted octanol–water partition coefficient (Wildman–Crippen LogP) is 4.20. The molecule has 0 radical (unpaired) electrons. The molecule has 0 saturated heterocycles. The number of nitrogens with zero attached hydrogens (tertiary/aromatic N) is 1. The fourth-order valence-corrected chi connectivity index (χ4v) is 2.65. The second kappa shape index (κ2) is 4.64. The number of benzene rings is 2.